The minimum Gasteiger partial charge on any atom is -0.368 e. The third-order valence-electron chi connectivity index (χ3n) is 2.90. The Morgan fingerprint density at radius 1 is 1.50 bits per heavy atom. The molecular weight excluding hydrogens is 262 g/mol. The first-order valence-electron chi connectivity index (χ1n) is 5.86. The molecule has 106 valence electrons. The van der Waals surface area contributed by atoms with Crippen molar-refractivity contribution < 1.29 is 4.92 Å². The zero-order chi connectivity index (χ0) is 14.9. The summed E-state index contributed by atoms with van der Waals surface area (Å²) in [4.78, 5) is 24.3. The van der Waals surface area contributed by atoms with Crippen molar-refractivity contribution in [1.82, 2.24) is 19.5 Å². The first-order chi connectivity index (χ1) is 9.40. The second kappa shape index (κ2) is 5.11. The number of rotatable bonds is 4. The van der Waals surface area contributed by atoms with E-state index >= 15 is 0 Å². The highest BCUT2D eigenvalue weighted by Crippen LogP contribution is 2.29. The highest BCUT2D eigenvalue weighted by Gasteiger charge is 2.24. The molecular formula is C11H15N7O2. The number of hydrogen-bond acceptors (Lipinski definition) is 7. The number of nitrogens with two attached hydrogens (primary N) is 1. The van der Waals surface area contributed by atoms with Crippen molar-refractivity contribution in [1.29, 1.82) is 0 Å². The van der Waals surface area contributed by atoms with E-state index in [1.807, 2.05) is 11.6 Å². The Hall–Kier alpha value is -2.71. The molecule has 20 heavy (non-hydrogen) atoms. The molecule has 0 aromatic carbocycles. The number of aryl methyl sites for hydroxylation is 2. The summed E-state index contributed by atoms with van der Waals surface area (Å²) >= 11 is 0. The monoisotopic (exact) mass is 277 g/mol. The Kier molecular flexibility index (Phi) is 3.51. The average molecular weight is 277 g/mol. The smallest absolute Gasteiger partial charge is 0.332 e. The molecule has 0 amide bonds. The van der Waals surface area contributed by atoms with Gasteiger partial charge < -0.3 is 15.2 Å². The fourth-order valence-corrected chi connectivity index (χ4v) is 1.89. The maximum Gasteiger partial charge on any atom is 0.332 e. The van der Waals surface area contributed by atoms with E-state index in [0.29, 0.717) is 6.54 Å². The van der Waals surface area contributed by atoms with Gasteiger partial charge in [0.1, 0.15) is 11.5 Å². The van der Waals surface area contributed by atoms with Crippen LogP contribution in [-0.2, 0) is 13.6 Å². The second-order valence-electron chi connectivity index (χ2n) is 4.41. The van der Waals surface area contributed by atoms with Crippen LogP contribution >= 0.6 is 0 Å². The van der Waals surface area contributed by atoms with Gasteiger partial charge in [-0.15, -0.1) is 0 Å². The molecule has 2 heterocycles. The van der Waals surface area contributed by atoms with E-state index < -0.39 is 4.92 Å². The molecule has 0 fully saturated rings. The van der Waals surface area contributed by atoms with E-state index in [0.717, 1.165) is 5.82 Å². The van der Waals surface area contributed by atoms with Crippen LogP contribution in [0, 0.1) is 17.0 Å². The van der Waals surface area contributed by atoms with Crippen molar-refractivity contribution in [2.45, 2.75) is 13.5 Å². The van der Waals surface area contributed by atoms with Crippen LogP contribution in [0.25, 0.3) is 0 Å². The van der Waals surface area contributed by atoms with Crippen LogP contribution in [0.15, 0.2) is 12.4 Å². The summed E-state index contributed by atoms with van der Waals surface area (Å²) in [6.45, 7) is 1.91. The molecule has 0 radical (unpaired) electrons. The van der Waals surface area contributed by atoms with Crippen molar-refractivity contribution in [3.05, 3.63) is 34.0 Å². The maximum atomic E-state index is 11.2. The van der Waals surface area contributed by atoms with Crippen molar-refractivity contribution in [3.8, 4) is 0 Å². The summed E-state index contributed by atoms with van der Waals surface area (Å²) < 4.78 is 1.83. The molecule has 0 bridgehead atoms. The Labute approximate surface area is 115 Å². The molecule has 0 aliphatic rings. The van der Waals surface area contributed by atoms with Crippen molar-refractivity contribution in [2.75, 3.05) is 17.7 Å². The standard InChI is InChI=1S/C11H15N7O2/c1-7-9(18(19)20)10(15-11(12)14-7)17(3)6-8-13-4-5-16(8)2/h4-5H,6H2,1-3H3,(H2,12,14,15). The van der Waals surface area contributed by atoms with Gasteiger partial charge >= 0.3 is 5.69 Å². The lowest BCUT2D eigenvalue weighted by Crippen LogP contribution is -2.22. The van der Waals surface area contributed by atoms with Crippen LogP contribution in [-0.4, -0.2) is 31.5 Å². The van der Waals surface area contributed by atoms with E-state index in [-0.39, 0.29) is 23.1 Å². The van der Waals surface area contributed by atoms with Gasteiger partial charge in [0.25, 0.3) is 0 Å². The fraction of sp³-hybridized carbons (Fsp3) is 0.364. The van der Waals surface area contributed by atoms with E-state index in [1.165, 1.54) is 6.92 Å². The Balaban J connectivity index is 2.41. The van der Waals surface area contributed by atoms with Crippen LogP contribution in [0.4, 0.5) is 17.5 Å². The van der Waals surface area contributed by atoms with Crippen LogP contribution < -0.4 is 10.6 Å². The normalized spacial score (nSPS) is 10.6. The molecule has 2 aromatic rings. The lowest BCUT2D eigenvalue weighted by Gasteiger charge is -2.18. The predicted molar refractivity (Wildman–Crippen MR) is 73.2 cm³/mol. The van der Waals surface area contributed by atoms with Gasteiger partial charge in [-0.05, 0) is 6.92 Å². The van der Waals surface area contributed by atoms with Gasteiger partial charge in [-0.25, -0.2) is 9.97 Å². The number of anilines is 2. The van der Waals surface area contributed by atoms with Gasteiger partial charge in [0, 0.05) is 26.5 Å². The summed E-state index contributed by atoms with van der Waals surface area (Å²) in [6, 6.07) is 0. The Bertz CT molecular complexity index is 652. The minimum absolute atomic E-state index is 0.00907. The topological polar surface area (TPSA) is 116 Å². The van der Waals surface area contributed by atoms with E-state index in [1.54, 1.807) is 24.3 Å². The minimum atomic E-state index is -0.501. The summed E-state index contributed by atoms with van der Waals surface area (Å²) in [5.41, 5.74) is 5.67. The largest absolute Gasteiger partial charge is 0.368 e. The van der Waals surface area contributed by atoms with E-state index in [2.05, 4.69) is 15.0 Å². The summed E-state index contributed by atoms with van der Waals surface area (Å²) in [6.07, 6.45) is 3.47. The molecule has 0 saturated carbocycles. The molecule has 9 nitrogen and oxygen atoms in total. The Morgan fingerprint density at radius 2 is 2.20 bits per heavy atom. The quantitative estimate of drug-likeness (QED) is 0.644. The van der Waals surface area contributed by atoms with Gasteiger partial charge in [-0.3, -0.25) is 10.1 Å². The summed E-state index contributed by atoms with van der Waals surface area (Å²) in [7, 11) is 3.55. The molecule has 2 rings (SSSR count). The number of hydrogen-bond donors (Lipinski definition) is 1. The van der Waals surface area contributed by atoms with Gasteiger partial charge in [-0.1, -0.05) is 0 Å². The molecule has 0 spiro atoms. The third-order valence-corrected chi connectivity index (χ3v) is 2.90. The zero-order valence-corrected chi connectivity index (χ0v) is 11.4. The summed E-state index contributed by atoms with van der Waals surface area (Å²) in [5, 5.41) is 11.2. The zero-order valence-electron chi connectivity index (χ0n) is 11.4. The van der Waals surface area contributed by atoms with E-state index in [4.69, 9.17) is 5.73 Å². The van der Waals surface area contributed by atoms with Crippen molar-refractivity contribution >= 4 is 17.5 Å². The van der Waals surface area contributed by atoms with Gasteiger partial charge in [0.05, 0.1) is 11.5 Å². The SMILES string of the molecule is Cc1nc(N)nc(N(C)Cc2nccn2C)c1[N+](=O)[O-]. The van der Waals surface area contributed by atoms with Crippen molar-refractivity contribution in [3.63, 3.8) is 0 Å². The molecule has 0 saturated heterocycles. The van der Waals surface area contributed by atoms with Crippen LogP contribution in [0.5, 0.6) is 0 Å². The number of imidazole rings is 1. The summed E-state index contributed by atoms with van der Waals surface area (Å²) in [5.74, 6) is 0.953. The lowest BCUT2D eigenvalue weighted by molar-refractivity contribution is -0.385. The highest BCUT2D eigenvalue weighted by molar-refractivity contribution is 5.61. The number of nitro groups is 1. The molecule has 9 heteroatoms. The molecule has 2 aromatic heterocycles. The molecule has 0 aliphatic carbocycles. The number of nitrogen functional groups attached to an aromatic ring is 1. The van der Waals surface area contributed by atoms with Gasteiger partial charge in [-0.2, -0.15) is 4.98 Å². The fourth-order valence-electron chi connectivity index (χ4n) is 1.89. The van der Waals surface area contributed by atoms with Crippen LogP contribution in [0.1, 0.15) is 11.5 Å². The van der Waals surface area contributed by atoms with Gasteiger partial charge in [0.2, 0.25) is 11.8 Å². The predicted octanol–water partition coefficient (Wildman–Crippen LogP) is 0.645. The van der Waals surface area contributed by atoms with Gasteiger partial charge in [0.15, 0.2) is 0 Å². The van der Waals surface area contributed by atoms with Crippen LogP contribution in [0.3, 0.4) is 0 Å². The number of aromatic nitrogens is 4. The molecule has 0 atom stereocenters. The molecule has 2 N–H and O–H groups in total. The molecule has 0 aliphatic heterocycles. The average Bonchev–Trinajstić information content (AvgIpc) is 2.73. The first-order valence-corrected chi connectivity index (χ1v) is 5.86. The number of nitrogens with zero attached hydrogens (tertiary/aromatic N) is 6. The second-order valence-corrected chi connectivity index (χ2v) is 4.41. The van der Waals surface area contributed by atoms with Crippen LogP contribution in [0.2, 0.25) is 0 Å². The van der Waals surface area contributed by atoms with Crippen molar-refractivity contribution in [2.24, 2.45) is 7.05 Å². The highest BCUT2D eigenvalue weighted by atomic mass is 16.6. The third kappa shape index (κ3) is 2.51. The Morgan fingerprint density at radius 3 is 2.75 bits per heavy atom. The molecule has 0 unspecified atom stereocenters. The maximum absolute atomic E-state index is 11.2. The van der Waals surface area contributed by atoms with E-state index in [9.17, 15) is 10.1 Å². The first kappa shape index (κ1) is 13.7. The lowest BCUT2D eigenvalue weighted by atomic mass is 10.3.